The van der Waals surface area contributed by atoms with E-state index in [2.05, 4.69) is 10.3 Å². The number of nitrogens with one attached hydrogen (secondary N) is 1. The van der Waals surface area contributed by atoms with E-state index in [1.165, 1.54) is 0 Å². The van der Waals surface area contributed by atoms with E-state index in [4.69, 9.17) is 5.73 Å². The van der Waals surface area contributed by atoms with Crippen LogP contribution in [0.5, 0.6) is 0 Å². The molecular formula is C13H19N3O. The molecule has 0 aliphatic heterocycles. The SMILES string of the molecule is C[C@@H](NC(=O)C1CCCC1N)c1ccncc1. The predicted octanol–water partition coefficient (Wildman–Crippen LogP) is 1.39. The first kappa shape index (κ1) is 12.0. The summed E-state index contributed by atoms with van der Waals surface area (Å²) in [5.74, 6) is 0.0681. The molecule has 2 rings (SSSR count). The van der Waals surface area contributed by atoms with Gasteiger partial charge in [0.15, 0.2) is 0 Å². The molecule has 1 saturated carbocycles. The largest absolute Gasteiger partial charge is 0.349 e. The lowest BCUT2D eigenvalue weighted by Crippen LogP contribution is -2.39. The Hall–Kier alpha value is -1.42. The van der Waals surface area contributed by atoms with Gasteiger partial charge in [-0.25, -0.2) is 0 Å². The van der Waals surface area contributed by atoms with Crippen LogP contribution in [-0.4, -0.2) is 16.9 Å². The molecule has 1 aromatic heterocycles. The van der Waals surface area contributed by atoms with Crippen LogP contribution in [0.15, 0.2) is 24.5 Å². The summed E-state index contributed by atoms with van der Waals surface area (Å²) < 4.78 is 0. The van der Waals surface area contributed by atoms with Gasteiger partial charge in [0.25, 0.3) is 0 Å². The Bertz CT molecular complexity index is 380. The van der Waals surface area contributed by atoms with Crippen LogP contribution in [0.3, 0.4) is 0 Å². The lowest BCUT2D eigenvalue weighted by atomic mass is 10.0. The van der Waals surface area contributed by atoms with Crippen LogP contribution >= 0.6 is 0 Å². The molecule has 0 saturated heterocycles. The van der Waals surface area contributed by atoms with Crippen LogP contribution in [0.25, 0.3) is 0 Å². The zero-order valence-electron chi connectivity index (χ0n) is 10.1. The van der Waals surface area contributed by atoms with E-state index < -0.39 is 0 Å². The average Bonchev–Trinajstić information content (AvgIpc) is 2.76. The van der Waals surface area contributed by atoms with Gasteiger partial charge in [-0.05, 0) is 37.5 Å². The van der Waals surface area contributed by atoms with Crippen molar-refractivity contribution in [3.8, 4) is 0 Å². The van der Waals surface area contributed by atoms with Crippen LogP contribution in [0.1, 0.15) is 37.8 Å². The molecule has 17 heavy (non-hydrogen) atoms. The van der Waals surface area contributed by atoms with Crippen LogP contribution in [0.4, 0.5) is 0 Å². The number of nitrogens with two attached hydrogens (primary N) is 1. The third-order valence-electron chi connectivity index (χ3n) is 3.47. The lowest BCUT2D eigenvalue weighted by Gasteiger charge is -2.19. The molecule has 2 unspecified atom stereocenters. The Morgan fingerprint density at radius 3 is 2.76 bits per heavy atom. The molecule has 1 aliphatic carbocycles. The number of hydrogen-bond donors (Lipinski definition) is 2. The molecule has 0 radical (unpaired) electrons. The topological polar surface area (TPSA) is 68.0 Å². The van der Waals surface area contributed by atoms with Gasteiger partial charge in [-0.1, -0.05) is 6.42 Å². The third-order valence-corrected chi connectivity index (χ3v) is 3.47. The number of carbonyl (C=O) groups is 1. The Morgan fingerprint density at radius 1 is 1.47 bits per heavy atom. The maximum Gasteiger partial charge on any atom is 0.225 e. The van der Waals surface area contributed by atoms with E-state index in [1.54, 1.807) is 12.4 Å². The third kappa shape index (κ3) is 2.82. The lowest BCUT2D eigenvalue weighted by molar-refractivity contribution is -0.125. The Kier molecular flexibility index (Phi) is 3.74. The second-order valence-corrected chi connectivity index (χ2v) is 4.71. The maximum absolute atomic E-state index is 12.0. The summed E-state index contributed by atoms with van der Waals surface area (Å²) >= 11 is 0. The zero-order chi connectivity index (χ0) is 12.3. The highest BCUT2D eigenvalue weighted by molar-refractivity contribution is 5.80. The minimum Gasteiger partial charge on any atom is -0.349 e. The number of aromatic nitrogens is 1. The number of pyridine rings is 1. The van der Waals surface area contributed by atoms with Crippen molar-refractivity contribution in [1.82, 2.24) is 10.3 Å². The van der Waals surface area contributed by atoms with Crippen LogP contribution < -0.4 is 11.1 Å². The van der Waals surface area contributed by atoms with Gasteiger partial charge < -0.3 is 11.1 Å². The van der Waals surface area contributed by atoms with Gasteiger partial charge in [0.05, 0.1) is 12.0 Å². The maximum atomic E-state index is 12.0. The molecule has 1 aromatic rings. The fraction of sp³-hybridized carbons (Fsp3) is 0.538. The van der Waals surface area contributed by atoms with E-state index in [-0.39, 0.29) is 23.9 Å². The fourth-order valence-electron chi connectivity index (χ4n) is 2.37. The highest BCUT2D eigenvalue weighted by Gasteiger charge is 2.30. The first-order valence-corrected chi connectivity index (χ1v) is 6.14. The summed E-state index contributed by atoms with van der Waals surface area (Å²) in [4.78, 5) is 16.0. The molecular weight excluding hydrogens is 214 g/mol. The number of nitrogens with zero attached hydrogens (tertiary/aromatic N) is 1. The molecule has 0 aromatic carbocycles. The smallest absolute Gasteiger partial charge is 0.225 e. The summed E-state index contributed by atoms with van der Waals surface area (Å²) in [7, 11) is 0. The van der Waals surface area contributed by atoms with Gasteiger partial charge in [-0.15, -0.1) is 0 Å². The molecule has 0 spiro atoms. The quantitative estimate of drug-likeness (QED) is 0.829. The Labute approximate surface area is 102 Å². The van der Waals surface area contributed by atoms with E-state index >= 15 is 0 Å². The summed E-state index contributed by atoms with van der Waals surface area (Å²) in [5.41, 5.74) is 6.99. The molecule has 3 atom stereocenters. The standard InChI is InChI=1S/C13H19N3O/c1-9(10-5-7-15-8-6-10)16-13(17)11-3-2-4-12(11)14/h5-9,11-12H,2-4,14H2,1H3,(H,16,17)/t9-,11?,12?/m1/s1. The number of hydrogen-bond acceptors (Lipinski definition) is 3. The first-order chi connectivity index (χ1) is 8.18. The average molecular weight is 233 g/mol. The number of carbonyl (C=O) groups excluding carboxylic acids is 1. The monoisotopic (exact) mass is 233 g/mol. The van der Waals surface area contributed by atoms with Crippen molar-refractivity contribution in [3.63, 3.8) is 0 Å². The summed E-state index contributed by atoms with van der Waals surface area (Å²) in [5, 5.41) is 3.02. The van der Waals surface area contributed by atoms with Crippen LogP contribution in [0.2, 0.25) is 0 Å². The summed E-state index contributed by atoms with van der Waals surface area (Å²) in [6.45, 7) is 1.98. The van der Waals surface area contributed by atoms with Crippen LogP contribution in [-0.2, 0) is 4.79 Å². The summed E-state index contributed by atoms with van der Waals surface area (Å²) in [6, 6.07) is 3.87. The minimum absolute atomic E-state index is 0.0123. The molecule has 92 valence electrons. The summed E-state index contributed by atoms with van der Waals surface area (Å²) in [6.07, 6.45) is 6.40. The second-order valence-electron chi connectivity index (χ2n) is 4.71. The fourth-order valence-corrected chi connectivity index (χ4v) is 2.37. The molecule has 1 aliphatic rings. The Balaban J connectivity index is 1.95. The molecule has 3 N–H and O–H groups in total. The second kappa shape index (κ2) is 5.27. The molecule has 4 heteroatoms. The van der Waals surface area contributed by atoms with Gasteiger partial charge in [0, 0.05) is 18.4 Å². The van der Waals surface area contributed by atoms with Crippen molar-refractivity contribution in [3.05, 3.63) is 30.1 Å². The van der Waals surface area contributed by atoms with Gasteiger partial charge in [-0.3, -0.25) is 9.78 Å². The van der Waals surface area contributed by atoms with Crippen molar-refractivity contribution in [2.45, 2.75) is 38.3 Å². The van der Waals surface area contributed by atoms with E-state index in [1.807, 2.05) is 19.1 Å². The highest BCUT2D eigenvalue weighted by atomic mass is 16.2. The molecule has 1 heterocycles. The van der Waals surface area contributed by atoms with E-state index in [0.29, 0.717) is 0 Å². The van der Waals surface area contributed by atoms with E-state index in [9.17, 15) is 4.79 Å². The first-order valence-electron chi connectivity index (χ1n) is 6.14. The molecule has 0 bridgehead atoms. The van der Waals surface area contributed by atoms with Gasteiger partial charge in [0.2, 0.25) is 5.91 Å². The predicted molar refractivity (Wildman–Crippen MR) is 66.1 cm³/mol. The zero-order valence-corrected chi connectivity index (χ0v) is 10.1. The molecule has 4 nitrogen and oxygen atoms in total. The van der Waals surface area contributed by atoms with E-state index in [0.717, 1.165) is 24.8 Å². The van der Waals surface area contributed by atoms with Gasteiger partial charge >= 0.3 is 0 Å². The van der Waals surface area contributed by atoms with Crippen LogP contribution in [0, 0.1) is 5.92 Å². The minimum atomic E-state index is -0.0145. The molecule has 1 amide bonds. The number of rotatable bonds is 3. The van der Waals surface area contributed by atoms with Crippen molar-refractivity contribution in [2.24, 2.45) is 11.7 Å². The molecule has 1 fully saturated rings. The highest BCUT2D eigenvalue weighted by Crippen LogP contribution is 2.25. The van der Waals surface area contributed by atoms with Crippen molar-refractivity contribution >= 4 is 5.91 Å². The van der Waals surface area contributed by atoms with Crippen molar-refractivity contribution < 1.29 is 4.79 Å². The van der Waals surface area contributed by atoms with Crippen molar-refractivity contribution in [2.75, 3.05) is 0 Å². The van der Waals surface area contributed by atoms with Gasteiger partial charge in [0.1, 0.15) is 0 Å². The van der Waals surface area contributed by atoms with Crippen molar-refractivity contribution in [1.29, 1.82) is 0 Å². The normalized spacial score (nSPS) is 25.5. The number of amides is 1. The Morgan fingerprint density at radius 2 is 2.18 bits per heavy atom. The van der Waals surface area contributed by atoms with Gasteiger partial charge in [-0.2, -0.15) is 0 Å².